The lowest BCUT2D eigenvalue weighted by molar-refractivity contribution is -0.122. The maximum Gasteiger partial charge on any atom is 0.135 e. The Labute approximate surface area is 93.4 Å². The number of piperazine rings is 1. The van der Waals surface area contributed by atoms with Gasteiger partial charge in [0, 0.05) is 38.5 Å². The molecule has 0 spiro atoms. The van der Waals surface area contributed by atoms with Gasteiger partial charge in [-0.2, -0.15) is 0 Å². The SMILES string of the molecule is CC(C)C(=O)CCCN1CCN(C)CC1. The van der Waals surface area contributed by atoms with Gasteiger partial charge in [-0.15, -0.1) is 0 Å². The third-order valence-electron chi connectivity index (χ3n) is 3.14. The summed E-state index contributed by atoms with van der Waals surface area (Å²) in [5.74, 6) is 0.613. The van der Waals surface area contributed by atoms with Crippen molar-refractivity contribution < 1.29 is 4.79 Å². The van der Waals surface area contributed by atoms with E-state index in [9.17, 15) is 4.79 Å². The number of rotatable bonds is 5. The summed E-state index contributed by atoms with van der Waals surface area (Å²) >= 11 is 0. The van der Waals surface area contributed by atoms with Crippen molar-refractivity contribution in [2.75, 3.05) is 39.8 Å². The summed E-state index contributed by atoms with van der Waals surface area (Å²) in [6, 6.07) is 0. The van der Waals surface area contributed by atoms with Crippen molar-refractivity contribution in [3.05, 3.63) is 0 Å². The van der Waals surface area contributed by atoms with Crippen LogP contribution < -0.4 is 0 Å². The largest absolute Gasteiger partial charge is 0.304 e. The lowest BCUT2D eigenvalue weighted by atomic mass is 10.0. The number of ketones is 1. The van der Waals surface area contributed by atoms with Gasteiger partial charge in [0.1, 0.15) is 5.78 Å². The Balaban J connectivity index is 2.08. The first-order valence-corrected chi connectivity index (χ1v) is 6.03. The van der Waals surface area contributed by atoms with E-state index in [-0.39, 0.29) is 5.92 Å². The fraction of sp³-hybridized carbons (Fsp3) is 0.917. The Morgan fingerprint density at radius 1 is 1.20 bits per heavy atom. The highest BCUT2D eigenvalue weighted by Crippen LogP contribution is 2.05. The molecule has 1 aliphatic heterocycles. The zero-order chi connectivity index (χ0) is 11.3. The molecule has 0 amide bonds. The predicted octanol–water partition coefficient (Wildman–Crippen LogP) is 1.24. The third-order valence-corrected chi connectivity index (χ3v) is 3.14. The van der Waals surface area contributed by atoms with Gasteiger partial charge < -0.3 is 9.80 Å². The van der Waals surface area contributed by atoms with Gasteiger partial charge in [0.15, 0.2) is 0 Å². The van der Waals surface area contributed by atoms with E-state index in [0.29, 0.717) is 5.78 Å². The molecular formula is C12H24N2O. The van der Waals surface area contributed by atoms with Crippen LogP contribution in [0, 0.1) is 5.92 Å². The van der Waals surface area contributed by atoms with Crippen molar-refractivity contribution >= 4 is 5.78 Å². The molecular weight excluding hydrogens is 188 g/mol. The van der Waals surface area contributed by atoms with E-state index in [4.69, 9.17) is 0 Å². The van der Waals surface area contributed by atoms with Gasteiger partial charge in [0.2, 0.25) is 0 Å². The molecule has 1 aliphatic rings. The molecule has 0 aromatic rings. The molecule has 1 fully saturated rings. The van der Waals surface area contributed by atoms with E-state index in [2.05, 4.69) is 16.8 Å². The molecule has 1 heterocycles. The van der Waals surface area contributed by atoms with Gasteiger partial charge in [-0.25, -0.2) is 0 Å². The quantitative estimate of drug-likeness (QED) is 0.685. The molecule has 0 unspecified atom stereocenters. The Hall–Kier alpha value is -0.410. The second-order valence-corrected chi connectivity index (χ2v) is 4.87. The van der Waals surface area contributed by atoms with Crippen molar-refractivity contribution in [1.82, 2.24) is 9.80 Å². The highest BCUT2D eigenvalue weighted by Gasteiger charge is 2.14. The Morgan fingerprint density at radius 2 is 1.80 bits per heavy atom. The monoisotopic (exact) mass is 212 g/mol. The number of carbonyl (C=O) groups excluding carboxylic acids is 1. The second-order valence-electron chi connectivity index (χ2n) is 4.87. The van der Waals surface area contributed by atoms with Gasteiger partial charge in [-0.3, -0.25) is 4.79 Å². The van der Waals surface area contributed by atoms with E-state index in [0.717, 1.165) is 45.6 Å². The van der Waals surface area contributed by atoms with Gasteiger partial charge in [0.25, 0.3) is 0 Å². The summed E-state index contributed by atoms with van der Waals surface area (Å²) in [7, 11) is 2.17. The molecule has 0 atom stereocenters. The van der Waals surface area contributed by atoms with Crippen molar-refractivity contribution in [2.45, 2.75) is 26.7 Å². The summed E-state index contributed by atoms with van der Waals surface area (Å²) in [5, 5.41) is 0. The van der Waals surface area contributed by atoms with Crippen molar-refractivity contribution in [1.29, 1.82) is 0 Å². The van der Waals surface area contributed by atoms with Crippen molar-refractivity contribution in [3.63, 3.8) is 0 Å². The Kier molecular flexibility index (Phi) is 5.26. The number of Topliss-reactive ketones (excluding diaryl/α,β-unsaturated/α-hetero) is 1. The Morgan fingerprint density at radius 3 is 2.33 bits per heavy atom. The summed E-state index contributed by atoms with van der Waals surface area (Å²) in [6.45, 7) is 9.71. The molecule has 0 aromatic heterocycles. The molecule has 1 rings (SSSR count). The Bertz CT molecular complexity index is 196. The van der Waals surface area contributed by atoms with Crippen LogP contribution >= 0.6 is 0 Å². The first kappa shape index (κ1) is 12.7. The van der Waals surface area contributed by atoms with E-state index in [1.54, 1.807) is 0 Å². The lowest BCUT2D eigenvalue weighted by Crippen LogP contribution is -2.44. The highest BCUT2D eigenvalue weighted by molar-refractivity contribution is 5.80. The molecule has 3 nitrogen and oxygen atoms in total. The van der Waals surface area contributed by atoms with Gasteiger partial charge in [-0.05, 0) is 20.0 Å². The highest BCUT2D eigenvalue weighted by atomic mass is 16.1. The smallest absolute Gasteiger partial charge is 0.135 e. The zero-order valence-corrected chi connectivity index (χ0v) is 10.3. The van der Waals surface area contributed by atoms with E-state index >= 15 is 0 Å². The van der Waals surface area contributed by atoms with E-state index < -0.39 is 0 Å². The molecule has 0 radical (unpaired) electrons. The second kappa shape index (κ2) is 6.23. The van der Waals surface area contributed by atoms with Crippen LogP contribution in [0.4, 0.5) is 0 Å². The number of hydrogen-bond acceptors (Lipinski definition) is 3. The zero-order valence-electron chi connectivity index (χ0n) is 10.3. The summed E-state index contributed by atoms with van der Waals surface area (Å²) < 4.78 is 0. The molecule has 1 saturated heterocycles. The van der Waals surface area contributed by atoms with Crippen molar-refractivity contribution in [2.24, 2.45) is 5.92 Å². The molecule has 88 valence electrons. The van der Waals surface area contributed by atoms with Crippen LogP contribution in [-0.4, -0.2) is 55.4 Å². The maximum atomic E-state index is 11.4. The minimum absolute atomic E-state index is 0.206. The van der Waals surface area contributed by atoms with Crippen molar-refractivity contribution in [3.8, 4) is 0 Å². The first-order chi connectivity index (χ1) is 7.09. The number of likely N-dealkylation sites (N-methyl/N-ethyl adjacent to an activating group) is 1. The molecule has 3 heteroatoms. The average molecular weight is 212 g/mol. The van der Waals surface area contributed by atoms with Crippen LogP contribution in [0.25, 0.3) is 0 Å². The topological polar surface area (TPSA) is 23.6 Å². The van der Waals surface area contributed by atoms with Crippen LogP contribution in [0.15, 0.2) is 0 Å². The van der Waals surface area contributed by atoms with Crippen LogP contribution in [0.2, 0.25) is 0 Å². The lowest BCUT2D eigenvalue weighted by Gasteiger charge is -2.32. The average Bonchev–Trinajstić information content (AvgIpc) is 2.20. The minimum Gasteiger partial charge on any atom is -0.304 e. The van der Waals surface area contributed by atoms with Crippen LogP contribution in [0.1, 0.15) is 26.7 Å². The van der Waals surface area contributed by atoms with Gasteiger partial charge in [0.05, 0.1) is 0 Å². The summed E-state index contributed by atoms with van der Waals surface area (Å²) in [4.78, 5) is 16.2. The molecule has 0 saturated carbocycles. The number of carbonyl (C=O) groups is 1. The normalized spacial score (nSPS) is 19.7. The molecule has 0 N–H and O–H groups in total. The molecule has 15 heavy (non-hydrogen) atoms. The third kappa shape index (κ3) is 4.76. The first-order valence-electron chi connectivity index (χ1n) is 6.03. The molecule has 0 aromatic carbocycles. The standard InChI is InChI=1S/C12H24N2O/c1-11(2)12(15)5-4-6-14-9-7-13(3)8-10-14/h11H,4-10H2,1-3H3. The molecule has 0 aliphatic carbocycles. The fourth-order valence-corrected chi connectivity index (χ4v) is 1.84. The minimum atomic E-state index is 0.206. The van der Waals surface area contributed by atoms with Crippen LogP contribution in [0.5, 0.6) is 0 Å². The summed E-state index contributed by atoms with van der Waals surface area (Å²) in [5.41, 5.74) is 0. The van der Waals surface area contributed by atoms with Gasteiger partial charge in [-0.1, -0.05) is 13.8 Å². The molecule has 0 bridgehead atoms. The van der Waals surface area contributed by atoms with Crippen LogP contribution in [0.3, 0.4) is 0 Å². The maximum absolute atomic E-state index is 11.4. The van der Waals surface area contributed by atoms with E-state index in [1.165, 1.54) is 0 Å². The fourth-order valence-electron chi connectivity index (χ4n) is 1.84. The predicted molar refractivity (Wildman–Crippen MR) is 63.0 cm³/mol. The van der Waals surface area contributed by atoms with E-state index in [1.807, 2.05) is 13.8 Å². The number of nitrogens with zero attached hydrogens (tertiary/aromatic N) is 2. The summed E-state index contributed by atoms with van der Waals surface area (Å²) in [6.07, 6.45) is 1.78. The van der Waals surface area contributed by atoms with Gasteiger partial charge >= 0.3 is 0 Å². The van der Waals surface area contributed by atoms with Crippen LogP contribution in [-0.2, 0) is 4.79 Å². The number of hydrogen-bond donors (Lipinski definition) is 0.